The van der Waals surface area contributed by atoms with Crippen LogP contribution >= 0.6 is 22.9 Å². The van der Waals surface area contributed by atoms with Gasteiger partial charge in [-0.3, -0.25) is 4.40 Å². The number of carboxylic acids is 1. The van der Waals surface area contributed by atoms with E-state index in [0.717, 1.165) is 16.8 Å². The monoisotopic (exact) mass is 546 g/mol. The number of rotatable bonds is 5. The number of anilines is 2. The van der Waals surface area contributed by atoms with Gasteiger partial charge in [0.1, 0.15) is 11.5 Å². The van der Waals surface area contributed by atoms with Crippen molar-refractivity contribution < 1.29 is 32.6 Å². The van der Waals surface area contributed by atoms with E-state index in [0.29, 0.717) is 27.7 Å². The van der Waals surface area contributed by atoms with Crippen molar-refractivity contribution in [2.75, 3.05) is 10.6 Å². The highest BCUT2D eigenvalue weighted by Crippen LogP contribution is 2.36. The van der Waals surface area contributed by atoms with Crippen molar-refractivity contribution in [2.24, 2.45) is 0 Å². The van der Waals surface area contributed by atoms with E-state index in [2.05, 4.69) is 15.6 Å². The highest BCUT2D eigenvalue weighted by molar-refractivity contribution is 7.23. The lowest BCUT2D eigenvalue weighted by Crippen LogP contribution is -2.19. The maximum atomic E-state index is 13.0. The first-order valence-corrected chi connectivity index (χ1v) is 11.6. The van der Waals surface area contributed by atoms with Crippen LogP contribution in [0.1, 0.15) is 16.1 Å². The Kier molecular flexibility index (Phi) is 6.13. The molecule has 0 fully saturated rings. The van der Waals surface area contributed by atoms with Gasteiger partial charge in [0, 0.05) is 17.4 Å². The second-order valence-electron chi connectivity index (χ2n) is 7.70. The van der Waals surface area contributed by atoms with E-state index in [-0.39, 0.29) is 11.4 Å². The van der Waals surface area contributed by atoms with E-state index in [1.807, 2.05) is 0 Å². The Morgan fingerprint density at radius 3 is 2.35 bits per heavy atom. The highest BCUT2D eigenvalue weighted by atomic mass is 35.5. The largest absolute Gasteiger partial charge is 0.477 e. The number of benzene rings is 3. The zero-order chi connectivity index (χ0) is 26.3. The SMILES string of the molecule is O=C(Nc1ccc(Oc2ccc3c(c2)sc2ncc(C(=O)O)n23)cc1)Nc1ccc(Cl)c(C(F)(F)F)c1. The second-order valence-corrected chi connectivity index (χ2v) is 9.11. The van der Waals surface area contributed by atoms with Crippen LogP contribution in [-0.2, 0) is 6.18 Å². The molecule has 2 heterocycles. The summed E-state index contributed by atoms with van der Waals surface area (Å²) in [5, 5.41) is 13.7. The number of urea groups is 1. The molecule has 0 spiro atoms. The molecule has 8 nitrogen and oxygen atoms in total. The molecule has 0 aliphatic rings. The summed E-state index contributed by atoms with van der Waals surface area (Å²) in [4.78, 5) is 28.3. The van der Waals surface area contributed by atoms with Crippen molar-refractivity contribution in [1.29, 1.82) is 0 Å². The number of nitrogens with one attached hydrogen (secondary N) is 2. The number of aromatic carboxylic acids is 1. The van der Waals surface area contributed by atoms with Crippen LogP contribution in [0.15, 0.2) is 66.9 Å². The minimum absolute atomic E-state index is 0.0684. The Bertz CT molecular complexity index is 1660. The predicted octanol–water partition coefficient (Wildman–Crippen LogP) is 7.36. The quantitative estimate of drug-likeness (QED) is 0.214. The Morgan fingerprint density at radius 1 is 0.973 bits per heavy atom. The van der Waals surface area contributed by atoms with Crippen LogP contribution in [-0.4, -0.2) is 26.5 Å². The fourth-order valence-electron chi connectivity index (χ4n) is 3.57. The number of thiazole rings is 1. The molecular weight excluding hydrogens is 533 g/mol. The smallest absolute Gasteiger partial charge is 0.417 e. The highest BCUT2D eigenvalue weighted by Gasteiger charge is 2.33. The average molecular weight is 547 g/mol. The van der Waals surface area contributed by atoms with E-state index in [1.54, 1.807) is 46.9 Å². The summed E-state index contributed by atoms with van der Waals surface area (Å²) in [7, 11) is 0. The van der Waals surface area contributed by atoms with Gasteiger partial charge in [0.25, 0.3) is 0 Å². The zero-order valence-corrected chi connectivity index (χ0v) is 19.9. The summed E-state index contributed by atoms with van der Waals surface area (Å²) >= 11 is 6.92. The molecule has 0 atom stereocenters. The number of hydrogen-bond acceptors (Lipinski definition) is 5. The molecular formula is C24H14ClF3N4O4S. The number of nitrogens with zero attached hydrogens (tertiary/aromatic N) is 2. The summed E-state index contributed by atoms with van der Waals surface area (Å²) in [5.74, 6) is -0.102. The number of carboxylic acid groups (broad SMARTS) is 1. The summed E-state index contributed by atoms with van der Waals surface area (Å²) in [6, 6.07) is 13.9. The van der Waals surface area contributed by atoms with Gasteiger partial charge in [-0.05, 0) is 54.6 Å². The molecule has 3 aromatic carbocycles. The number of imidazole rings is 1. The minimum Gasteiger partial charge on any atom is -0.477 e. The number of amides is 2. The third-order valence-corrected chi connectivity index (χ3v) is 6.55. The van der Waals surface area contributed by atoms with Gasteiger partial charge in [-0.2, -0.15) is 13.2 Å². The van der Waals surface area contributed by atoms with Crippen molar-refractivity contribution in [2.45, 2.75) is 6.18 Å². The number of fused-ring (bicyclic) bond motifs is 3. The molecule has 0 saturated carbocycles. The lowest BCUT2D eigenvalue weighted by Gasteiger charge is -2.12. The standard InChI is InChI=1S/C24H14ClF3N4O4S/c25-17-7-3-13(9-16(17)24(26,27)28)31-22(35)30-12-1-4-14(5-2-12)36-15-6-8-18-20(10-15)37-23-29-11-19(21(33)34)32(18)23/h1-11H,(H,33,34)(H2,30,31,35). The van der Waals surface area contributed by atoms with Crippen LogP contribution in [0.3, 0.4) is 0 Å². The van der Waals surface area contributed by atoms with Crippen LogP contribution < -0.4 is 15.4 Å². The molecule has 2 aromatic heterocycles. The van der Waals surface area contributed by atoms with Gasteiger partial charge in [-0.15, -0.1) is 0 Å². The Labute approximate surface area is 214 Å². The Balaban J connectivity index is 1.26. The number of ether oxygens (including phenoxy) is 1. The fraction of sp³-hybridized carbons (Fsp3) is 0.0417. The number of aromatic nitrogens is 2. The zero-order valence-electron chi connectivity index (χ0n) is 18.3. The van der Waals surface area contributed by atoms with Crippen molar-refractivity contribution >= 4 is 61.5 Å². The van der Waals surface area contributed by atoms with Crippen molar-refractivity contribution in [3.05, 3.63) is 83.1 Å². The van der Waals surface area contributed by atoms with Gasteiger partial charge in [0.05, 0.1) is 27.0 Å². The van der Waals surface area contributed by atoms with Gasteiger partial charge in [0.15, 0.2) is 10.7 Å². The molecule has 5 rings (SSSR count). The number of halogens is 4. The molecule has 5 aromatic rings. The minimum atomic E-state index is -4.65. The lowest BCUT2D eigenvalue weighted by atomic mass is 10.2. The second kappa shape index (κ2) is 9.30. The number of carbonyl (C=O) groups excluding carboxylic acids is 1. The van der Waals surface area contributed by atoms with E-state index in [1.165, 1.54) is 23.6 Å². The maximum Gasteiger partial charge on any atom is 0.417 e. The van der Waals surface area contributed by atoms with E-state index < -0.39 is 28.8 Å². The number of hydrogen-bond donors (Lipinski definition) is 3. The molecule has 2 amide bonds. The molecule has 13 heteroatoms. The molecule has 0 bridgehead atoms. The molecule has 0 aliphatic heterocycles. The van der Waals surface area contributed by atoms with Crippen LogP contribution in [0.5, 0.6) is 11.5 Å². The summed E-state index contributed by atoms with van der Waals surface area (Å²) in [6.07, 6.45) is -3.34. The topological polar surface area (TPSA) is 105 Å². The summed E-state index contributed by atoms with van der Waals surface area (Å²) < 4.78 is 47.2. The first-order valence-electron chi connectivity index (χ1n) is 10.4. The van der Waals surface area contributed by atoms with Gasteiger partial charge in [-0.25, -0.2) is 14.6 Å². The van der Waals surface area contributed by atoms with Gasteiger partial charge >= 0.3 is 18.2 Å². The number of carbonyl (C=O) groups is 2. The maximum absolute atomic E-state index is 13.0. The molecule has 0 aliphatic carbocycles. The van der Waals surface area contributed by atoms with Crippen LogP contribution in [0.4, 0.5) is 29.3 Å². The summed E-state index contributed by atoms with van der Waals surface area (Å²) in [6.45, 7) is 0. The van der Waals surface area contributed by atoms with Gasteiger partial charge < -0.3 is 20.5 Å². The molecule has 0 saturated heterocycles. The Morgan fingerprint density at radius 2 is 1.65 bits per heavy atom. The van der Waals surface area contributed by atoms with Gasteiger partial charge in [0.2, 0.25) is 0 Å². The molecule has 3 N–H and O–H groups in total. The molecule has 188 valence electrons. The van der Waals surface area contributed by atoms with Crippen LogP contribution in [0, 0.1) is 0 Å². The van der Waals surface area contributed by atoms with Crippen molar-refractivity contribution in [1.82, 2.24) is 9.38 Å². The fourth-order valence-corrected chi connectivity index (χ4v) is 4.82. The normalized spacial score (nSPS) is 11.6. The van der Waals surface area contributed by atoms with Crippen molar-refractivity contribution in [3.63, 3.8) is 0 Å². The first kappa shape index (κ1) is 24.4. The lowest BCUT2D eigenvalue weighted by molar-refractivity contribution is -0.137. The van der Waals surface area contributed by atoms with Crippen LogP contribution in [0.2, 0.25) is 5.02 Å². The summed E-state index contributed by atoms with van der Waals surface area (Å²) in [5.41, 5.74) is 0.0207. The van der Waals surface area contributed by atoms with E-state index >= 15 is 0 Å². The third-order valence-electron chi connectivity index (χ3n) is 5.20. The Hall–Kier alpha value is -4.29. The average Bonchev–Trinajstić information content (AvgIpc) is 3.40. The third kappa shape index (κ3) is 5.01. The van der Waals surface area contributed by atoms with E-state index in [4.69, 9.17) is 16.3 Å². The first-order chi connectivity index (χ1) is 17.6. The van der Waals surface area contributed by atoms with E-state index in [9.17, 15) is 27.9 Å². The predicted molar refractivity (Wildman–Crippen MR) is 133 cm³/mol. The van der Waals surface area contributed by atoms with Crippen LogP contribution in [0.25, 0.3) is 15.2 Å². The molecule has 37 heavy (non-hydrogen) atoms. The van der Waals surface area contributed by atoms with Crippen molar-refractivity contribution in [3.8, 4) is 11.5 Å². The van der Waals surface area contributed by atoms with Gasteiger partial charge in [-0.1, -0.05) is 22.9 Å². The molecule has 0 unspecified atom stereocenters. The molecule has 0 radical (unpaired) electrons. The number of alkyl halides is 3.